The molecule has 1 aromatic heterocycles. The predicted molar refractivity (Wildman–Crippen MR) is 124 cm³/mol. The Morgan fingerprint density at radius 2 is 1.75 bits per heavy atom. The first-order chi connectivity index (χ1) is 15.7. The molecule has 0 aliphatic heterocycles. The van der Waals surface area contributed by atoms with E-state index in [9.17, 15) is 9.90 Å². The van der Waals surface area contributed by atoms with E-state index in [1.165, 1.54) is 6.21 Å². The molecule has 160 valence electrons. The zero-order valence-electron chi connectivity index (χ0n) is 17.4. The maximum absolute atomic E-state index is 12.4. The number of para-hydroxylation sites is 1. The number of hydrogen-bond acceptors (Lipinski definition) is 5. The topological polar surface area (TPSA) is 99.6 Å². The molecule has 32 heavy (non-hydrogen) atoms. The van der Waals surface area contributed by atoms with Crippen molar-refractivity contribution in [3.63, 3.8) is 0 Å². The summed E-state index contributed by atoms with van der Waals surface area (Å²) in [6.07, 6.45) is 1.36. The highest BCUT2D eigenvalue weighted by Gasteiger charge is 2.11. The molecule has 1 heterocycles. The van der Waals surface area contributed by atoms with Crippen molar-refractivity contribution in [2.45, 2.75) is 6.92 Å². The number of carbonyl (C=O) groups excluding carboxylic acids is 1. The van der Waals surface area contributed by atoms with E-state index in [0.29, 0.717) is 23.6 Å². The summed E-state index contributed by atoms with van der Waals surface area (Å²) in [6.45, 7) is 2.26. The van der Waals surface area contributed by atoms with E-state index in [4.69, 9.17) is 4.74 Å². The zero-order chi connectivity index (χ0) is 22.3. The van der Waals surface area contributed by atoms with Gasteiger partial charge in [0, 0.05) is 11.1 Å². The molecule has 0 aliphatic rings. The average Bonchev–Trinajstić information content (AvgIpc) is 3.33. The number of amides is 1. The first-order valence-corrected chi connectivity index (χ1v) is 10.1. The minimum atomic E-state index is -0.443. The minimum absolute atomic E-state index is 0.0323. The third-order valence-electron chi connectivity index (χ3n) is 4.81. The van der Waals surface area contributed by atoms with E-state index >= 15 is 0 Å². The van der Waals surface area contributed by atoms with Gasteiger partial charge in [-0.2, -0.15) is 10.2 Å². The number of hydrogen-bond donors (Lipinski definition) is 3. The molecule has 7 nitrogen and oxygen atoms in total. The third-order valence-corrected chi connectivity index (χ3v) is 4.81. The maximum atomic E-state index is 12.4. The fraction of sp³-hybridized carbons (Fsp3) is 0.0800. The summed E-state index contributed by atoms with van der Waals surface area (Å²) >= 11 is 0. The van der Waals surface area contributed by atoms with E-state index in [2.05, 4.69) is 32.9 Å². The largest absolute Gasteiger partial charge is 0.504 e. The van der Waals surface area contributed by atoms with Gasteiger partial charge in [-0.15, -0.1) is 0 Å². The molecule has 0 saturated carbocycles. The molecule has 3 aromatic carbocycles. The lowest BCUT2D eigenvalue weighted by molar-refractivity contribution is 0.0950. The summed E-state index contributed by atoms with van der Waals surface area (Å²) in [5.74, 6) is -0.115. The number of nitrogens with one attached hydrogen (secondary N) is 2. The lowest BCUT2D eigenvalue weighted by Crippen LogP contribution is -2.18. The Hall–Kier alpha value is -4.39. The summed E-state index contributed by atoms with van der Waals surface area (Å²) in [6, 6.07) is 24.8. The van der Waals surface area contributed by atoms with Gasteiger partial charge in [-0.1, -0.05) is 60.7 Å². The van der Waals surface area contributed by atoms with Gasteiger partial charge in [0.2, 0.25) is 0 Å². The van der Waals surface area contributed by atoms with Crippen LogP contribution in [0.3, 0.4) is 0 Å². The van der Waals surface area contributed by atoms with Gasteiger partial charge >= 0.3 is 0 Å². The highest BCUT2D eigenvalue weighted by atomic mass is 16.5. The van der Waals surface area contributed by atoms with Gasteiger partial charge in [-0.25, -0.2) is 5.43 Å². The SMILES string of the molecule is CCOc1cccc(/C=N\NC(=O)c2cc(-c3ccc(-c4ccccc4)cc3)n[nH]2)c1O. The van der Waals surface area contributed by atoms with Gasteiger partial charge in [0.15, 0.2) is 11.5 Å². The van der Waals surface area contributed by atoms with Crippen LogP contribution >= 0.6 is 0 Å². The standard InChI is InChI=1S/C25H22N4O3/c1-2-32-23-10-6-9-20(24(23)30)16-26-29-25(31)22-15-21(27-28-22)19-13-11-18(12-14-19)17-7-4-3-5-8-17/h3-16,30H,2H2,1H3,(H,27,28)(H,29,31)/b26-16-. The molecule has 0 fully saturated rings. The van der Waals surface area contributed by atoms with Crippen LogP contribution in [0.1, 0.15) is 23.0 Å². The van der Waals surface area contributed by atoms with Crippen molar-refractivity contribution in [1.29, 1.82) is 0 Å². The van der Waals surface area contributed by atoms with Crippen LogP contribution in [0.25, 0.3) is 22.4 Å². The number of ether oxygens (including phenoxy) is 1. The number of benzene rings is 3. The smallest absolute Gasteiger partial charge is 0.289 e. The van der Waals surface area contributed by atoms with Gasteiger partial charge in [0.1, 0.15) is 5.69 Å². The number of aromatic nitrogens is 2. The monoisotopic (exact) mass is 426 g/mol. The van der Waals surface area contributed by atoms with Crippen molar-refractivity contribution in [1.82, 2.24) is 15.6 Å². The summed E-state index contributed by atoms with van der Waals surface area (Å²) in [5, 5.41) is 21.1. The van der Waals surface area contributed by atoms with Crippen molar-refractivity contribution in [2.24, 2.45) is 5.10 Å². The Labute approximate surface area is 185 Å². The molecule has 0 atom stereocenters. The number of rotatable bonds is 7. The van der Waals surface area contributed by atoms with Crippen molar-refractivity contribution in [3.8, 4) is 33.9 Å². The first-order valence-electron chi connectivity index (χ1n) is 10.1. The van der Waals surface area contributed by atoms with Crippen LogP contribution in [0.15, 0.2) is 84.0 Å². The number of H-pyrrole nitrogens is 1. The van der Waals surface area contributed by atoms with Crippen molar-refractivity contribution < 1.29 is 14.6 Å². The second kappa shape index (κ2) is 9.61. The summed E-state index contributed by atoms with van der Waals surface area (Å²) in [7, 11) is 0. The normalized spacial score (nSPS) is 10.9. The van der Waals surface area contributed by atoms with Crippen molar-refractivity contribution in [2.75, 3.05) is 6.61 Å². The van der Waals surface area contributed by atoms with E-state index < -0.39 is 5.91 Å². The predicted octanol–water partition coefficient (Wildman–Crippen LogP) is 4.61. The molecule has 4 rings (SSSR count). The Morgan fingerprint density at radius 3 is 2.50 bits per heavy atom. The second-order valence-electron chi connectivity index (χ2n) is 6.94. The highest BCUT2D eigenvalue weighted by molar-refractivity contribution is 5.94. The van der Waals surface area contributed by atoms with Gasteiger partial charge < -0.3 is 9.84 Å². The quantitative estimate of drug-likeness (QED) is 0.297. The maximum Gasteiger partial charge on any atom is 0.289 e. The van der Waals surface area contributed by atoms with Gasteiger partial charge in [0.05, 0.1) is 18.5 Å². The Balaban J connectivity index is 1.42. The van der Waals surface area contributed by atoms with Gasteiger partial charge in [-0.05, 0) is 36.2 Å². The molecular formula is C25H22N4O3. The molecule has 0 bridgehead atoms. The van der Waals surface area contributed by atoms with Crippen LogP contribution in [0.4, 0.5) is 0 Å². The average molecular weight is 426 g/mol. The van der Waals surface area contributed by atoms with Crippen LogP contribution in [-0.2, 0) is 0 Å². The Morgan fingerprint density at radius 1 is 1.03 bits per heavy atom. The number of phenols is 1. The molecule has 0 unspecified atom stereocenters. The number of phenolic OH excluding ortho intramolecular Hbond substituents is 1. The molecule has 0 radical (unpaired) electrons. The van der Waals surface area contributed by atoms with Gasteiger partial charge in [-0.3, -0.25) is 9.89 Å². The molecule has 0 aliphatic carbocycles. The number of aromatic hydroxyl groups is 1. The highest BCUT2D eigenvalue weighted by Crippen LogP contribution is 2.28. The summed E-state index contributed by atoms with van der Waals surface area (Å²) in [4.78, 5) is 12.4. The van der Waals surface area contributed by atoms with Crippen LogP contribution < -0.4 is 10.2 Å². The third kappa shape index (κ3) is 4.67. The fourth-order valence-corrected chi connectivity index (χ4v) is 3.19. The van der Waals surface area contributed by atoms with E-state index in [-0.39, 0.29) is 11.4 Å². The molecular weight excluding hydrogens is 404 g/mol. The van der Waals surface area contributed by atoms with E-state index in [1.807, 2.05) is 49.4 Å². The molecule has 0 spiro atoms. The van der Waals surface area contributed by atoms with Gasteiger partial charge in [0.25, 0.3) is 5.91 Å². The molecule has 4 aromatic rings. The number of carbonyl (C=O) groups is 1. The van der Waals surface area contributed by atoms with Crippen LogP contribution in [-0.4, -0.2) is 34.0 Å². The lowest BCUT2D eigenvalue weighted by Gasteiger charge is -2.07. The fourth-order valence-electron chi connectivity index (χ4n) is 3.19. The lowest BCUT2D eigenvalue weighted by atomic mass is 10.0. The zero-order valence-corrected chi connectivity index (χ0v) is 17.4. The van der Waals surface area contributed by atoms with Crippen molar-refractivity contribution >= 4 is 12.1 Å². The summed E-state index contributed by atoms with van der Waals surface area (Å²) < 4.78 is 5.34. The van der Waals surface area contributed by atoms with Crippen LogP contribution in [0.2, 0.25) is 0 Å². The molecule has 7 heteroatoms. The number of hydrazone groups is 1. The van der Waals surface area contributed by atoms with E-state index in [0.717, 1.165) is 16.7 Å². The molecule has 0 saturated heterocycles. The number of aromatic amines is 1. The Kier molecular flexibility index (Phi) is 6.27. The van der Waals surface area contributed by atoms with E-state index in [1.54, 1.807) is 24.3 Å². The Bertz CT molecular complexity index is 1230. The molecule has 3 N–H and O–H groups in total. The van der Waals surface area contributed by atoms with Crippen LogP contribution in [0, 0.1) is 0 Å². The first kappa shape index (κ1) is 20.9. The van der Waals surface area contributed by atoms with Crippen LogP contribution in [0.5, 0.6) is 11.5 Å². The summed E-state index contributed by atoms with van der Waals surface area (Å²) in [5.41, 5.74) is 6.92. The van der Waals surface area contributed by atoms with Crippen molar-refractivity contribution in [3.05, 3.63) is 90.1 Å². The number of nitrogens with zero attached hydrogens (tertiary/aromatic N) is 2. The minimum Gasteiger partial charge on any atom is -0.504 e. The second-order valence-corrected chi connectivity index (χ2v) is 6.94. The molecule has 1 amide bonds.